The van der Waals surface area contributed by atoms with Gasteiger partial charge in [-0.2, -0.15) is 0 Å². The summed E-state index contributed by atoms with van der Waals surface area (Å²) in [6.07, 6.45) is 4.26. The van der Waals surface area contributed by atoms with Crippen LogP contribution in [0.1, 0.15) is 56.9 Å². The molecule has 3 rings (SSSR count). The molecule has 1 unspecified atom stereocenters. The van der Waals surface area contributed by atoms with Crippen LogP contribution in [0.4, 0.5) is 0 Å². The van der Waals surface area contributed by atoms with Gasteiger partial charge < -0.3 is 0 Å². The second kappa shape index (κ2) is 3.31. The van der Waals surface area contributed by atoms with Crippen molar-refractivity contribution in [2.75, 3.05) is 0 Å². The van der Waals surface area contributed by atoms with Crippen LogP contribution >= 0.6 is 0 Å². The fraction of sp³-hybridized carbons (Fsp3) is 0.571. The smallest absolute Gasteiger partial charge is 0.164 e. The Morgan fingerprint density at radius 2 is 2.12 bits per heavy atom. The van der Waals surface area contributed by atoms with Gasteiger partial charge in [0.2, 0.25) is 0 Å². The first kappa shape index (κ1) is 10.8. The number of aryl methyl sites for hydroxylation is 1. The van der Waals surface area contributed by atoms with Crippen LogP contribution in [-0.2, 0) is 11.8 Å². The number of hydrogen-bond donors (Lipinski definition) is 0. The molecule has 0 N–H and O–H groups in total. The molecule has 0 radical (unpaired) electrons. The maximum Gasteiger partial charge on any atom is 0.164 e. The zero-order valence-corrected chi connectivity index (χ0v) is 11.0. The van der Waals surface area contributed by atoms with Crippen molar-refractivity contribution < 1.29 is 0 Å². The number of aromatic nitrogens is 3. The molecule has 0 aromatic carbocycles. The highest BCUT2D eigenvalue weighted by Crippen LogP contribution is 2.37. The molecule has 90 valence electrons. The number of fused-ring (bicyclic) bond motifs is 3. The van der Waals surface area contributed by atoms with Gasteiger partial charge in [0.05, 0.1) is 0 Å². The van der Waals surface area contributed by atoms with Gasteiger partial charge in [0, 0.05) is 11.3 Å². The lowest BCUT2D eigenvalue weighted by molar-refractivity contribution is 0.589. The van der Waals surface area contributed by atoms with Crippen molar-refractivity contribution in [3.05, 3.63) is 29.2 Å². The Labute approximate surface area is 102 Å². The van der Waals surface area contributed by atoms with Crippen molar-refractivity contribution >= 4 is 5.65 Å². The standard InChI is InChI=1S/C14H19N3/c1-9-5-6-12-10(9)7-11(14(2,3)4)13-16-15-8-17(12)13/h7-9H,5-6H2,1-4H3. The van der Waals surface area contributed by atoms with Crippen molar-refractivity contribution in [2.24, 2.45) is 0 Å². The summed E-state index contributed by atoms with van der Waals surface area (Å²) in [5.74, 6) is 0.665. The van der Waals surface area contributed by atoms with Gasteiger partial charge >= 0.3 is 0 Å². The van der Waals surface area contributed by atoms with Crippen molar-refractivity contribution in [2.45, 2.75) is 51.9 Å². The molecule has 0 aliphatic heterocycles. The molecule has 1 atom stereocenters. The average Bonchev–Trinajstić information content (AvgIpc) is 2.81. The topological polar surface area (TPSA) is 30.2 Å². The molecule has 2 aromatic rings. The molecule has 0 bridgehead atoms. The minimum Gasteiger partial charge on any atom is -0.285 e. The third-order valence-electron chi connectivity index (χ3n) is 3.87. The zero-order chi connectivity index (χ0) is 12.2. The van der Waals surface area contributed by atoms with E-state index in [9.17, 15) is 0 Å². The van der Waals surface area contributed by atoms with Gasteiger partial charge in [0.1, 0.15) is 6.33 Å². The van der Waals surface area contributed by atoms with Crippen LogP contribution in [0.5, 0.6) is 0 Å². The highest BCUT2D eigenvalue weighted by atomic mass is 15.2. The Bertz CT molecular complexity index is 575. The molecule has 3 nitrogen and oxygen atoms in total. The minimum absolute atomic E-state index is 0.117. The molecule has 2 heterocycles. The molecule has 17 heavy (non-hydrogen) atoms. The second-order valence-electron chi connectivity index (χ2n) is 6.17. The molecule has 0 spiro atoms. The summed E-state index contributed by atoms with van der Waals surface area (Å²) < 4.78 is 2.19. The third kappa shape index (κ3) is 1.48. The summed E-state index contributed by atoms with van der Waals surface area (Å²) >= 11 is 0. The van der Waals surface area contributed by atoms with Crippen molar-refractivity contribution in [1.29, 1.82) is 0 Å². The van der Waals surface area contributed by atoms with Gasteiger partial charge in [-0.05, 0) is 35.8 Å². The van der Waals surface area contributed by atoms with E-state index in [4.69, 9.17) is 0 Å². The van der Waals surface area contributed by atoms with Crippen LogP contribution in [0.25, 0.3) is 5.65 Å². The Kier molecular flexibility index (Phi) is 2.09. The first-order valence-electron chi connectivity index (χ1n) is 6.34. The number of pyridine rings is 1. The maximum atomic E-state index is 4.30. The Morgan fingerprint density at radius 3 is 2.82 bits per heavy atom. The fourth-order valence-electron chi connectivity index (χ4n) is 2.81. The van der Waals surface area contributed by atoms with Crippen LogP contribution < -0.4 is 0 Å². The summed E-state index contributed by atoms with van der Waals surface area (Å²) in [7, 11) is 0. The highest BCUT2D eigenvalue weighted by molar-refractivity contribution is 5.55. The van der Waals surface area contributed by atoms with E-state index < -0.39 is 0 Å². The minimum atomic E-state index is 0.117. The Morgan fingerprint density at radius 1 is 1.35 bits per heavy atom. The number of rotatable bonds is 0. The average molecular weight is 229 g/mol. The first-order chi connectivity index (χ1) is 7.98. The van der Waals surface area contributed by atoms with Gasteiger partial charge in [-0.15, -0.1) is 10.2 Å². The number of hydrogen-bond acceptors (Lipinski definition) is 2. The van der Waals surface area contributed by atoms with E-state index in [-0.39, 0.29) is 5.41 Å². The SMILES string of the molecule is CC1CCc2c1cc(C(C)(C)C)c1nncn21. The molecule has 2 aromatic heterocycles. The summed E-state index contributed by atoms with van der Waals surface area (Å²) in [6.45, 7) is 9.03. The molecule has 0 saturated carbocycles. The summed E-state index contributed by atoms with van der Waals surface area (Å²) in [5.41, 5.74) is 5.35. The van der Waals surface area contributed by atoms with Gasteiger partial charge in [-0.1, -0.05) is 27.7 Å². The zero-order valence-electron chi connectivity index (χ0n) is 11.0. The van der Waals surface area contributed by atoms with Crippen LogP contribution in [0.15, 0.2) is 12.4 Å². The van der Waals surface area contributed by atoms with E-state index in [1.807, 2.05) is 6.33 Å². The highest BCUT2D eigenvalue weighted by Gasteiger charge is 2.27. The monoisotopic (exact) mass is 229 g/mol. The molecule has 1 aliphatic rings. The van der Waals surface area contributed by atoms with Gasteiger partial charge in [0.25, 0.3) is 0 Å². The van der Waals surface area contributed by atoms with E-state index in [1.165, 1.54) is 23.2 Å². The quantitative estimate of drug-likeness (QED) is 0.695. The summed E-state index contributed by atoms with van der Waals surface area (Å²) in [6, 6.07) is 2.36. The van der Waals surface area contributed by atoms with E-state index in [0.717, 1.165) is 12.1 Å². The predicted molar refractivity (Wildman–Crippen MR) is 68.4 cm³/mol. The third-order valence-corrected chi connectivity index (χ3v) is 3.87. The van der Waals surface area contributed by atoms with Crippen molar-refractivity contribution in [1.82, 2.24) is 14.6 Å². The molecule has 1 aliphatic carbocycles. The van der Waals surface area contributed by atoms with E-state index in [0.29, 0.717) is 5.92 Å². The predicted octanol–water partition coefficient (Wildman–Crippen LogP) is 3.08. The molecule has 0 fully saturated rings. The first-order valence-corrected chi connectivity index (χ1v) is 6.34. The van der Waals surface area contributed by atoms with Crippen LogP contribution in [0.3, 0.4) is 0 Å². The normalized spacial score (nSPS) is 19.9. The van der Waals surface area contributed by atoms with E-state index in [2.05, 4.69) is 48.4 Å². The second-order valence-corrected chi connectivity index (χ2v) is 6.17. The maximum absolute atomic E-state index is 4.30. The molecule has 0 amide bonds. The largest absolute Gasteiger partial charge is 0.285 e. The van der Waals surface area contributed by atoms with Crippen LogP contribution in [0.2, 0.25) is 0 Å². The van der Waals surface area contributed by atoms with Crippen molar-refractivity contribution in [3.63, 3.8) is 0 Å². The molecular weight excluding hydrogens is 210 g/mol. The lowest BCUT2D eigenvalue weighted by Crippen LogP contribution is -2.15. The Hall–Kier alpha value is -1.38. The van der Waals surface area contributed by atoms with Crippen LogP contribution in [0, 0.1) is 0 Å². The number of nitrogens with zero attached hydrogens (tertiary/aromatic N) is 3. The molecule has 0 saturated heterocycles. The van der Waals surface area contributed by atoms with Gasteiger partial charge in [-0.3, -0.25) is 4.40 Å². The van der Waals surface area contributed by atoms with Crippen molar-refractivity contribution in [3.8, 4) is 0 Å². The van der Waals surface area contributed by atoms with E-state index in [1.54, 1.807) is 0 Å². The lowest BCUT2D eigenvalue weighted by Gasteiger charge is -2.21. The summed E-state index contributed by atoms with van der Waals surface area (Å²) in [4.78, 5) is 0. The fourth-order valence-corrected chi connectivity index (χ4v) is 2.81. The Balaban J connectivity index is 2.38. The van der Waals surface area contributed by atoms with E-state index >= 15 is 0 Å². The lowest BCUT2D eigenvalue weighted by atomic mass is 9.86. The summed E-state index contributed by atoms with van der Waals surface area (Å²) in [5, 5.41) is 8.39. The molecular formula is C14H19N3. The van der Waals surface area contributed by atoms with Gasteiger partial charge in [0.15, 0.2) is 5.65 Å². The molecule has 3 heteroatoms. The van der Waals surface area contributed by atoms with Gasteiger partial charge in [-0.25, -0.2) is 0 Å². The van der Waals surface area contributed by atoms with Crippen LogP contribution in [-0.4, -0.2) is 14.6 Å².